The highest BCUT2D eigenvalue weighted by molar-refractivity contribution is 5.74. The van der Waals surface area contributed by atoms with E-state index in [-0.39, 0.29) is 0 Å². The minimum absolute atomic E-state index is 0.437. The van der Waals surface area contributed by atoms with Crippen LogP contribution in [0, 0.1) is 29.1 Å². The van der Waals surface area contributed by atoms with E-state index in [9.17, 15) is 26.7 Å². The lowest BCUT2D eigenvalue weighted by atomic mass is 10.2. The number of hydrogen-bond acceptors (Lipinski definition) is 2. The molecule has 0 unspecified atom stereocenters. The second kappa shape index (κ2) is 4.67. The summed E-state index contributed by atoms with van der Waals surface area (Å²) in [5.74, 6) is -11.9. The van der Waals surface area contributed by atoms with Gasteiger partial charge in [0.25, 0.3) is 0 Å². The molecule has 0 heterocycles. The minimum Gasteiger partial charge on any atom is -0.480 e. The van der Waals surface area contributed by atoms with Gasteiger partial charge in [0.1, 0.15) is 12.2 Å². The van der Waals surface area contributed by atoms with Gasteiger partial charge >= 0.3 is 5.97 Å². The Morgan fingerprint density at radius 1 is 1.00 bits per heavy atom. The molecule has 1 aromatic carbocycles. The van der Waals surface area contributed by atoms with Crippen molar-refractivity contribution in [2.45, 2.75) is 18.9 Å². The summed E-state index contributed by atoms with van der Waals surface area (Å²) in [5.41, 5.74) is -1.18. The molecule has 19 heavy (non-hydrogen) atoms. The predicted octanol–water partition coefficient (Wildman–Crippen LogP) is 2.44. The van der Waals surface area contributed by atoms with E-state index in [0.29, 0.717) is 17.7 Å². The zero-order valence-electron chi connectivity index (χ0n) is 9.39. The Morgan fingerprint density at radius 3 is 1.79 bits per heavy atom. The summed E-state index contributed by atoms with van der Waals surface area (Å²) in [5, 5.41) is 8.65. The zero-order chi connectivity index (χ0) is 14.3. The van der Waals surface area contributed by atoms with Crippen molar-refractivity contribution in [3.05, 3.63) is 29.1 Å². The maximum absolute atomic E-state index is 13.5. The normalized spacial score (nSPS) is 14.6. The summed E-state index contributed by atoms with van der Waals surface area (Å²) in [7, 11) is 0. The molecule has 0 spiro atoms. The van der Waals surface area contributed by atoms with E-state index >= 15 is 0 Å². The summed E-state index contributed by atoms with van der Waals surface area (Å²) in [4.78, 5) is 11.3. The number of anilines is 1. The topological polar surface area (TPSA) is 40.5 Å². The van der Waals surface area contributed by atoms with Crippen LogP contribution < -0.4 is 4.90 Å². The van der Waals surface area contributed by atoms with Gasteiger partial charge in [-0.3, -0.25) is 4.79 Å². The third kappa shape index (κ3) is 2.34. The summed E-state index contributed by atoms with van der Waals surface area (Å²) < 4.78 is 66.0. The van der Waals surface area contributed by atoms with Crippen LogP contribution in [0.4, 0.5) is 27.6 Å². The third-order valence-corrected chi connectivity index (χ3v) is 2.77. The van der Waals surface area contributed by atoms with Crippen molar-refractivity contribution in [3.63, 3.8) is 0 Å². The standard InChI is InChI=1S/C11H8F5NO2/c12-6-7(13)9(15)11(10(16)8(6)14)17(3-5(18)19)4-1-2-4/h4H,1-3H2,(H,18,19). The van der Waals surface area contributed by atoms with E-state index in [1.807, 2.05) is 0 Å². The summed E-state index contributed by atoms with van der Waals surface area (Å²) in [6.07, 6.45) is 0.875. The highest BCUT2D eigenvalue weighted by atomic mass is 19.2. The monoisotopic (exact) mass is 281 g/mol. The van der Waals surface area contributed by atoms with Gasteiger partial charge in [-0.2, -0.15) is 0 Å². The Balaban J connectivity index is 2.56. The molecule has 1 aliphatic carbocycles. The highest BCUT2D eigenvalue weighted by Crippen LogP contribution is 2.37. The van der Waals surface area contributed by atoms with Gasteiger partial charge in [-0.15, -0.1) is 0 Å². The van der Waals surface area contributed by atoms with Crippen LogP contribution in [-0.4, -0.2) is 23.7 Å². The van der Waals surface area contributed by atoms with Crippen LogP contribution in [0.2, 0.25) is 0 Å². The molecule has 3 nitrogen and oxygen atoms in total. The molecule has 1 saturated carbocycles. The fourth-order valence-electron chi connectivity index (χ4n) is 1.77. The molecule has 0 saturated heterocycles. The van der Waals surface area contributed by atoms with E-state index in [0.717, 1.165) is 0 Å². The van der Waals surface area contributed by atoms with Gasteiger partial charge in [0.15, 0.2) is 23.3 Å². The second-order valence-corrected chi connectivity index (χ2v) is 4.17. The Morgan fingerprint density at radius 2 is 1.42 bits per heavy atom. The molecule has 2 rings (SSSR count). The minimum atomic E-state index is -2.26. The average Bonchev–Trinajstić information content (AvgIpc) is 3.16. The van der Waals surface area contributed by atoms with Crippen molar-refractivity contribution in [3.8, 4) is 0 Å². The average molecular weight is 281 g/mol. The van der Waals surface area contributed by atoms with Crippen LogP contribution in [0.5, 0.6) is 0 Å². The van der Waals surface area contributed by atoms with Gasteiger partial charge in [0.05, 0.1) is 0 Å². The number of carboxylic acid groups (broad SMARTS) is 1. The fourth-order valence-corrected chi connectivity index (χ4v) is 1.77. The van der Waals surface area contributed by atoms with Crippen molar-refractivity contribution in [2.24, 2.45) is 0 Å². The molecule has 8 heteroatoms. The van der Waals surface area contributed by atoms with Gasteiger partial charge in [-0.25, -0.2) is 22.0 Å². The number of benzene rings is 1. The first-order valence-electron chi connectivity index (χ1n) is 5.34. The van der Waals surface area contributed by atoms with Crippen LogP contribution in [0.15, 0.2) is 0 Å². The van der Waals surface area contributed by atoms with Crippen LogP contribution in [0.3, 0.4) is 0 Å². The van der Waals surface area contributed by atoms with E-state index in [1.165, 1.54) is 0 Å². The molecule has 1 aromatic rings. The molecule has 1 N–H and O–H groups in total. The quantitative estimate of drug-likeness (QED) is 0.523. The fraction of sp³-hybridized carbons (Fsp3) is 0.364. The predicted molar refractivity (Wildman–Crippen MR) is 54.2 cm³/mol. The molecule has 0 aliphatic heterocycles. The number of carbonyl (C=O) groups is 1. The van der Waals surface area contributed by atoms with Gasteiger partial charge in [-0.05, 0) is 12.8 Å². The molecule has 104 valence electrons. The van der Waals surface area contributed by atoms with Crippen molar-refractivity contribution in [1.82, 2.24) is 0 Å². The second-order valence-electron chi connectivity index (χ2n) is 4.17. The maximum atomic E-state index is 13.5. The van der Waals surface area contributed by atoms with Crippen LogP contribution in [-0.2, 0) is 4.79 Å². The molecule has 0 bridgehead atoms. The SMILES string of the molecule is O=C(O)CN(c1c(F)c(F)c(F)c(F)c1F)C1CC1. The number of carboxylic acids is 1. The van der Waals surface area contributed by atoms with Gasteiger partial charge in [0, 0.05) is 6.04 Å². The Bertz CT molecular complexity index is 515. The summed E-state index contributed by atoms with van der Waals surface area (Å²) in [6, 6.07) is -0.524. The number of hydrogen-bond donors (Lipinski definition) is 1. The lowest BCUT2D eigenvalue weighted by molar-refractivity contribution is -0.135. The molecule has 0 atom stereocenters. The van der Waals surface area contributed by atoms with Crippen LogP contribution >= 0.6 is 0 Å². The molecular weight excluding hydrogens is 273 g/mol. The molecule has 0 aromatic heterocycles. The molecule has 1 fully saturated rings. The van der Waals surface area contributed by atoms with Crippen LogP contribution in [0.25, 0.3) is 0 Å². The zero-order valence-corrected chi connectivity index (χ0v) is 9.39. The maximum Gasteiger partial charge on any atom is 0.323 e. The first kappa shape index (κ1) is 13.6. The smallest absolute Gasteiger partial charge is 0.323 e. The molecular formula is C11H8F5NO2. The van der Waals surface area contributed by atoms with Crippen molar-refractivity contribution in [2.75, 3.05) is 11.4 Å². The number of aliphatic carboxylic acids is 1. The molecule has 0 amide bonds. The Labute approximate surface area is 104 Å². The van der Waals surface area contributed by atoms with Crippen LogP contribution in [0.1, 0.15) is 12.8 Å². The van der Waals surface area contributed by atoms with E-state index < -0.39 is 53.3 Å². The first-order chi connectivity index (χ1) is 8.84. The summed E-state index contributed by atoms with van der Waals surface area (Å²) in [6.45, 7) is -0.830. The van der Waals surface area contributed by atoms with E-state index in [4.69, 9.17) is 5.11 Å². The lowest BCUT2D eigenvalue weighted by Gasteiger charge is -2.24. The van der Waals surface area contributed by atoms with Crippen molar-refractivity contribution >= 4 is 11.7 Å². The van der Waals surface area contributed by atoms with Crippen molar-refractivity contribution in [1.29, 1.82) is 0 Å². The first-order valence-corrected chi connectivity index (χ1v) is 5.34. The summed E-state index contributed by atoms with van der Waals surface area (Å²) >= 11 is 0. The lowest BCUT2D eigenvalue weighted by Crippen LogP contribution is -2.34. The van der Waals surface area contributed by atoms with Gasteiger partial charge < -0.3 is 10.0 Å². The highest BCUT2D eigenvalue weighted by Gasteiger charge is 2.37. The van der Waals surface area contributed by atoms with Gasteiger partial charge in [-0.1, -0.05) is 0 Å². The van der Waals surface area contributed by atoms with E-state index in [1.54, 1.807) is 0 Å². The number of nitrogens with zero attached hydrogens (tertiary/aromatic N) is 1. The Kier molecular flexibility index (Phi) is 3.34. The van der Waals surface area contributed by atoms with Crippen molar-refractivity contribution < 1.29 is 31.9 Å². The molecule has 1 aliphatic rings. The third-order valence-electron chi connectivity index (χ3n) is 2.77. The number of halogens is 5. The number of rotatable bonds is 4. The van der Waals surface area contributed by atoms with Gasteiger partial charge in [0.2, 0.25) is 5.82 Å². The largest absolute Gasteiger partial charge is 0.480 e. The molecule has 0 radical (unpaired) electrons. The Hall–Kier alpha value is -1.86. The van der Waals surface area contributed by atoms with E-state index in [2.05, 4.69) is 0 Å².